The quantitative estimate of drug-likeness (QED) is 0.236. The minimum atomic E-state index is 0.605. The van der Waals surface area contributed by atoms with Gasteiger partial charge in [-0.25, -0.2) is 9.97 Å². The van der Waals surface area contributed by atoms with Crippen molar-refractivity contribution in [1.82, 2.24) is 19.5 Å². The lowest BCUT2D eigenvalue weighted by atomic mass is 10.0. The molecule has 0 aliphatic rings. The molecular weight excluding hydrogens is 492 g/mol. The van der Waals surface area contributed by atoms with Gasteiger partial charge in [0.15, 0.2) is 5.58 Å². The number of nitrogens with zero attached hydrogens (tertiary/aromatic N) is 4. The van der Waals surface area contributed by atoms with Gasteiger partial charge in [0.2, 0.25) is 5.89 Å². The fourth-order valence-corrected chi connectivity index (χ4v) is 5.31. The van der Waals surface area contributed by atoms with Crippen LogP contribution in [0.15, 0.2) is 138 Å². The molecule has 0 N–H and O–H groups in total. The van der Waals surface area contributed by atoms with E-state index in [2.05, 4.69) is 94.5 Å². The lowest BCUT2D eigenvalue weighted by Gasteiger charge is -2.10. The Labute approximate surface area is 230 Å². The van der Waals surface area contributed by atoms with Crippen molar-refractivity contribution in [2.75, 3.05) is 0 Å². The van der Waals surface area contributed by atoms with Gasteiger partial charge >= 0.3 is 0 Å². The summed E-state index contributed by atoms with van der Waals surface area (Å²) in [5.41, 5.74) is 9.86. The third-order valence-corrected chi connectivity index (χ3v) is 7.29. The molecule has 0 atom stereocenters. The molecule has 5 nitrogen and oxygen atoms in total. The average molecular weight is 515 g/mol. The number of pyridine rings is 1. The van der Waals surface area contributed by atoms with Gasteiger partial charge in [-0.05, 0) is 71.8 Å². The Bertz CT molecular complexity index is 2160. The monoisotopic (exact) mass is 514 g/mol. The molecule has 0 radical (unpaired) electrons. The minimum Gasteiger partial charge on any atom is -0.436 e. The lowest BCUT2D eigenvalue weighted by molar-refractivity contribution is 0.620. The molecule has 0 aliphatic heterocycles. The van der Waals surface area contributed by atoms with Gasteiger partial charge in [-0.15, -0.1) is 0 Å². The topological polar surface area (TPSA) is 56.7 Å². The number of aromatic nitrogens is 4. The Morgan fingerprint density at radius 3 is 2.20 bits per heavy atom. The van der Waals surface area contributed by atoms with E-state index < -0.39 is 0 Å². The Kier molecular flexibility index (Phi) is 5.07. The predicted octanol–water partition coefficient (Wildman–Crippen LogP) is 8.72. The molecule has 3 heterocycles. The average Bonchev–Trinajstić information content (AvgIpc) is 3.63. The highest BCUT2D eigenvalue weighted by molar-refractivity contribution is 5.87. The maximum absolute atomic E-state index is 6.11. The highest BCUT2D eigenvalue weighted by Gasteiger charge is 2.15. The SMILES string of the molecule is c1ccc(-n2c(-c3ccc(-c4ccc5oc(-c6ccc7ncccc7c6)nc5c4)cc3)nc3ccccc32)cc1. The fraction of sp³-hybridized carbons (Fsp3) is 0. The van der Waals surface area contributed by atoms with E-state index in [1.54, 1.807) is 6.20 Å². The van der Waals surface area contributed by atoms with Crippen molar-refractivity contribution in [3.63, 3.8) is 0 Å². The summed E-state index contributed by atoms with van der Waals surface area (Å²) in [6.45, 7) is 0. The Balaban J connectivity index is 1.16. The molecule has 8 rings (SSSR count). The number of imidazole rings is 1. The van der Waals surface area contributed by atoms with Crippen LogP contribution in [0.1, 0.15) is 0 Å². The molecule has 40 heavy (non-hydrogen) atoms. The smallest absolute Gasteiger partial charge is 0.227 e. The van der Waals surface area contributed by atoms with Gasteiger partial charge in [0.25, 0.3) is 0 Å². The number of rotatable bonds is 4. The van der Waals surface area contributed by atoms with E-state index in [1.165, 1.54) is 0 Å². The molecule has 0 fully saturated rings. The molecule has 0 amide bonds. The van der Waals surface area contributed by atoms with Crippen LogP contribution in [-0.4, -0.2) is 19.5 Å². The molecule has 0 saturated heterocycles. The summed E-state index contributed by atoms with van der Waals surface area (Å²) in [5.74, 6) is 1.52. The zero-order valence-corrected chi connectivity index (χ0v) is 21.4. The summed E-state index contributed by atoms with van der Waals surface area (Å²) in [6.07, 6.45) is 1.80. The molecule has 5 aromatic carbocycles. The van der Waals surface area contributed by atoms with Gasteiger partial charge in [-0.3, -0.25) is 9.55 Å². The zero-order chi connectivity index (χ0) is 26.5. The highest BCUT2D eigenvalue weighted by atomic mass is 16.3. The third-order valence-electron chi connectivity index (χ3n) is 7.29. The largest absolute Gasteiger partial charge is 0.436 e. The van der Waals surface area contributed by atoms with Crippen molar-refractivity contribution in [1.29, 1.82) is 0 Å². The van der Waals surface area contributed by atoms with E-state index in [0.717, 1.165) is 66.8 Å². The first-order valence-electron chi connectivity index (χ1n) is 13.2. The molecule has 188 valence electrons. The number of para-hydroxylation sites is 3. The lowest BCUT2D eigenvalue weighted by Crippen LogP contribution is -1.97. The van der Waals surface area contributed by atoms with Crippen LogP contribution in [0, 0.1) is 0 Å². The number of hydrogen-bond acceptors (Lipinski definition) is 4. The molecule has 8 aromatic rings. The number of fused-ring (bicyclic) bond motifs is 3. The molecule has 3 aromatic heterocycles. The number of oxazole rings is 1. The van der Waals surface area contributed by atoms with E-state index in [0.29, 0.717) is 5.89 Å². The summed E-state index contributed by atoms with van der Waals surface area (Å²) >= 11 is 0. The Morgan fingerprint density at radius 1 is 0.525 bits per heavy atom. The predicted molar refractivity (Wildman–Crippen MR) is 160 cm³/mol. The van der Waals surface area contributed by atoms with Gasteiger partial charge in [-0.1, -0.05) is 66.7 Å². The molecule has 0 unspecified atom stereocenters. The van der Waals surface area contributed by atoms with E-state index in [4.69, 9.17) is 14.4 Å². The molecular formula is C35H22N4O. The van der Waals surface area contributed by atoms with Gasteiger partial charge in [-0.2, -0.15) is 0 Å². The van der Waals surface area contributed by atoms with Crippen molar-refractivity contribution in [3.05, 3.63) is 134 Å². The second kappa shape index (κ2) is 9.03. The summed E-state index contributed by atoms with van der Waals surface area (Å²) in [4.78, 5) is 14.2. The standard InChI is InChI=1S/C35H22N4O/c1-2-8-28(9-3-1)39-32-11-5-4-10-30(32)37-34(39)24-14-12-23(13-15-24)25-17-19-33-31(22-25)38-35(40-33)27-16-18-29-26(21-27)7-6-20-36-29/h1-22H. The minimum absolute atomic E-state index is 0.605. The van der Waals surface area contributed by atoms with Gasteiger partial charge in [0, 0.05) is 28.4 Å². The van der Waals surface area contributed by atoms with Crippen molar-refractivity contribution in [2.24, 2.45) is 0 Å². The second-order valence-electron chi connectivity index (χ2n) is 9.78. The van der Waals surface area contributed by atoms with E-state index in [-0.39, 0.29) is 0 Å². The zero-order valence-electron chi connectivity index (χ0n) is 21.4. The Morgan fingerprint density at radius 2 is 1.30 bits per heavy atom. The fourth-order valence-electron chi connectivity index (χ4n) is 5.31. The van der Waals surface area contributed by atoms with Gasteiger partial charge in [0.1, 0.15) is 11.3 Å². The molecule has 0 saturated carbocycles. The van der Waals surface area contributed by atoms with E-state index in [1.807, 2.05) is 42.5 Å². The van der Waals surface area contributed by atoms with Crippen LogP contribution in [0.5, 0.6) is 0 Å². The van der Waals surface area contributed by atoms with E-state index in [9.17, 15) is 0 Å². The van der Waals surface area contributed by atoms with Gasteiger partial charge < -0.3 is 4.42 Å². The molecule has 0 spiro atoms. The first-order chi connectivity index (χ1) is 19.8. The first kappa shape index (κ1) is 22.4. The maximum atomic E-state index is 6.11. The van der Waals surface area contributed by atoms with Crippen molar-refractivity contribution < 1.29 is 4.42 Å². The van der Waals surface area contributed by atoms with Crippen LogP contribution in [0.4, 0.5) is 0 Å². The molecule has 0 bridgehead atoms. The van der Waals surface area contributed by atoms with Crippen LogP contribution in [0.25, 0.3) is 72.7 Å². The maximum Gasteiger partial charge on any atom is 0.227 e. The third kappa shape index (κ3) is 3.76. The van der Waals surface area contributed by atoms with Crippen molar-refractivity contribution >= 4 is 33.0 Å². The molecule has 0 aliphatic carbocycles. The van der Waals surface area contributed by atoms with Crippen LogP contribution in [-0.2, 0) is 0 Å². The summed E-state index contributed by atoms with van der Waals surface area (Å²) in [5, 5.41) is 1.06. The number of hydrogen-bond donors (Lipinski definition) is 0. The van der Waals surface area contributed by atoms with Crippen LogP contribution >= 0.6 is 0 Å². The van der Waals surface area contributed by atoms with Crippen LogP contribution in [0.3, 0.4) is 0 Å². The van der Waals surface area contributed by atoms with Crippen LogP contribution in [0.2, 0.25) is 0 Å². The molecule has 5 heteroatoms. The normalized spacial score (nSPS) is 11.5. The first-order valence-corrected chi connectivity index (χ1v) is 13.2. The van der Waals surface area contributed by atoms with E-state index >= 15 is 0 Å². The summed E-state index contributed by atoms with van der Waals surface area (Å²) in [7, 11) is 0. The number of benzene rings is 5. The van der Waals surface area contributed by atoms with Crippen LogP contribution < -0.4 is 0 Å². The summed E-state index contributed by atoms with van der Waals surface area (Å²) < 4.78 is 8.33. The highest BCUT2D eigenvalue weighted by Crippen LogP contribution is 2.32. The second-order valence-corrected chi connectivity index (χ2v) is 9.78. The van der Waals surface area contributed by atoms with Crippen molar-refractivity contribution in [2.45, 2.75) is 0 Å². The van der Waals surface area contributed by atoms with Gasteiger partial charge in [0.05, 0.1) is 16.6 Å². The van der Waals surface area contributed by atoms with Crippen molar-refractivity contribution in [3.8, 4) is 39.7 Å². The summed E-state index contributed by atoms with van der Waals surface area (Å²) in [6, 6.07) is 43.4. The Hall–Kier alpha value is -5.55.